The summed E-state index contributed by atoms with van der Waals surface area (Å²) in [6.45, 7) is 2.29. The van der Waals surface area contributed by atoms with Crippen molar-refractivity contribution in [2.45, 2.75) is 45.1 Å². The Kier molecular flexibility index (Phi) is 4.77. The molecule has 2 rings (SSSR count). The number of pyridine rings is 1. The summed E-state index contributed by atoms with van der Waals surface area (Å²) in [5.74, 6) is 1.45. The highest BCUT2D eigenvalue weighted by atomic mass is 16.1. The van der Waals surface area contributed by atoms with Gasteiger partial charge in [-0.15, -0.1) is 0 Å². The van der Waals surface area contributed by atoms with Crippen LogP contribution in [0.25, 0.3) is 0 Å². The van der Waals surface area contributed by atoms with Crippen LogP contribution in [0.4, 0.5) is 5.82 Å². The van der Waals surface area contributed by atoms with E-state index in [1.165, 1.54) is 19.3 Å². The molecule has 0 radical (unpaired) electrons. The second-order valence-corrected chi connectivity index (χ2v) is 5.44. The lowest BCUT2D eigenvalue weighted by molar-refractivity contribution is 0.0928. The second kappa shape index (κ2) is 6.55. The van der Waals surface area contributed by atoms with Gasteiger partial charge in [-0.25, -0.2) is 4.98 Å². The maximum Gasteiger partial charge on any atom is 0.270 e. The van der Waals surface area contributed by atoms with E-state index in [4.69, 9.17) is 0 Å². The van der Waals surface area contributed by atoms with Gasteiger partial charge in [-0.2, -0.15) is 0 Å². The van der Waals surface area contributed by atoms with Crippen molar-refractivity contribution < 1.29 is 4.79 Å². The molecular formula is C15H23N3O. The number of hydrogen-bond acceptors (Lipinski definition) is 3. The first-order chi connectivity index (χ1) is 9.19. The summed E-state index contributed by atoms with van der Waals surface area (Å²) in [5.41, 5.74) is 0.490. The molecule has 4 heteroatoms. The third kappa shape index (κ3) is 3.94. The van der Waals surface area contributed by atoms with Crippen LogP contribution in [0, 0.1) is 5.92 Å². The van der Waals surface area contributed by atoms with Gasteiger partial charge in [0.2, 0.25) is 0 Å². The van der Waals surface area contributed by atoms with Crippen LogP contribution in [0.5, 0.6) is 0 Å². The van der Waals surface area contributed by atoms with Gasteiger partial charge in [0.15, 0.2) is 0 Å². The summed E-state index contributed by atoms with van der Waals surface area (Å²) in [7, 11) is 1.80. The van der Waals surface area contributed by atoms with Crippen LogP contribution in [0.2, 0.25) is 0 Å². The minimum Gasteiger partial charge on any atom is -0.373 e. The number of amides is 1. The number of carbonyl (C=O) groups excluding carboxylic acids is 1. The number of nitrogens with zero attached hydrogens (tertiary/aromatic N) is 1. The molecule has 1 heterocycles. The first-order valence-corrected chi connectivity index (χ1v) is 7.14. The van der Waals surface area contributed by atoms with Gasteiger partial charge in [0.25, 0.3) is 5.91 Å². The number of rotatable bonds is 3. The minimum atomic E-state index is -0.0587. The van der Waals surface area contributed by atoms with E-state index < -0.39 is 0 Å². The smallest absolute Gasteiger partial charge is 0.270 e. The summed E-state index contributed by atoms with van der Waals surface area (Å²) in [4.78, 5) is 16.4. The van der Waals surface area contributed by atoms with Crippen molar-refractivity contribution in [3.63, 3.8) is 0 Å². The van der Waals surface area contributed by atoms with Crippen molar-refractivity contribution in [3.8, 4) is 0 Å². The van der Waals surface area contributed by atoms with Crippen LogP contribution < -0.4 is 10.6 Å². The van der Waals surface area contributed by atoms with Gasteiger partial charge in [0, 0.05) is 13.1 Å². The summed E-state index contributed by atoms with van der Waals surface area (Å²) in [6.07, 6.45) is 5.85. The Balaban J connectivity index is 1.96. The lowest BCUT2D eigenvalue weighted by atomic mass is 10.0. The fraction of sp³-hybridized carbons (Fsp3) is 0.600. The van der Waals surface area contributed by atoms with E-state index >= 15 is 0 Å². The molecule has 19 heavy (non-hydrogen) atoms. The Labute approximate surface area is 115 Å². The molecule has 1 aromatic rings. The van der Waals surface area contributed by atoms with Gasteiger partial charge >= 0.3 is 0 Å². The molecule has 2 atom stereocenters. The van der Waals surface area contributed by atoms with E-state index in [-0.39, 0.29) is 5.91 Å². The van der Waals surface area contributed by atoms with Crippen LogP contribution >= 0.6 is 0 Å². The van der Waals surface area contributed by atoms with Crippen LogP contribution in [-0.4, -0.2) is 24.0 Å². The molecular weight excluding hydrogens is 238 g/mol. The van der Waals surface area contributed by atoms with Gasteiger partial charge in [-0.3, -0.25) is 4.79 Å². The standard InChI is InChI=1S/C15H23N3O/c1-11-5-3-6-12(10-9-11)17-15(19)13-7-4-8-14(16-2)18-13/h4,7-8,11-12H,3,5-6,9-10H2,1-2H3,(H,16,18)(H,17,19). The fourth-order valence-corrected chi connectivity index (χ4v) is 2.59. The summed E-state index contributed by atoms with van der Waals surface area (Å²) >= 11 is 0. The van der Waals surface area contributed by atoms with Crippen molar-refractivity contribution in [2.75, 3.05) is 12.4 Å². The van der Waals surface area contributed by atoms with Gasteiger partial charge < -0.3 is 10.6 Å². The van der Waals surface area contributed by atoms with Crippen molar-refractivity contribution in [1.82, 2.24) is 10.3 Å². The SMILES string of the molecule is CNc1cccc(C(=O)NC2CCCC(C)CC2)n1. The predicted octanol–water partition coefficient (Wildman–Crippen LogP) is 2.82. The van der Waals surface area contributed by atoms with E-state index in [0.717, 1.165) is 24.6 Å². The topological polar surface area (TPSA) is 54.0 Å². The molecule has 4 nitrogen and oxygen atoms in total. The minimum absolute atomic E-state index is 0.0587. The monoisotopic (exact) mass is 261 g/mol. The Morgan fingerprint density at radius 2 is 2.11 bits per heavy atom. The number of aromatic nitrogens is 1. The quantitative estimate of drug-likeness (QED) is 0.823. The molecule has 0 bridgehead atoms. The zero-order valence-corrected chi connectivity index (χ0v) is 11.8. The van der Waals surface area contributed by atoms with Crippen LogP contribution in [0.1, 0.15) is 49.5 Å². The number of carbonyl (C=O) groups is 1. The molecule has 0 spiro atoms. The Hall–Kier alpha value is -1.58. The molecule has 1 aliphatic carbocycles. The molecule has 104 valence electrons. The van der Waals surface area contributed by atoms with Crippen LogP contribution in [0.3, 0.4) is 0 Å². The zero-order valence-electron chi connectivity index (χ0n) is 11.8. The summed E-state index contributed by atoms with van der Waals surface area (Å²) < 4.78 is 0. The first kappa shape index (κ1) is 13.8. The molecule has 1 amide bonds. The summed E-state index contributed by atoms with van der Waals surface area (Å²) in [5, 5.41) is 6.07. The van der Waals surface area contributed by atoms with Crippen molar-refractivity contribution >= 4 is 11.7 Å². The normalized spacial score (nSPS) is 23.5. The molecule has 0 saturated heterocycles. The van der Waals surface area contributed by atoms with E-state index in [9.17, 15) is 4.79 Å². The van der Waals surface area contributed by atoms with E-state index in [0.29, 0.717) is 11.7 Å². The highest BCUT2D eigenvalue weighted by Crippen LogP contribution is 2.22. The van der Waals surface area contributed by atoms with Gasteiger partial charge in [0.1, 0.15) is 11.5 Å². The maximum atomic E-state index is 12.2. The first-order valence-electron chi connectivity index (χ1n) is 7.14. The van der Waals surface area contributed by atoms with Crippen molar-refractivity contribution in [3.05, 3.63) is 23.9 Å². The highest BCUT2D eigenvalue weighted by Gasteiger charge is 2.19. The van der Waals surface area contributed by atoms with Crippen LogP contribution in [0.15, 0.2) is 18.2 Å². The van der Waals surface area contributed by atoms with Crippen molar-refractivity contribution in [2.24, 2.45) is 5.92 Å². The number of nitrogens with one attached hydrogen (secondary N) is 2. The molecule has 1 saturated carbocycles. The number of hydrogen-bond donors (Lipinski definition) is 2. The molecule has 2 N–H and O–H groups in total. The fourth-order valence-electron chi connectivity index (χ4n) is 2.59. The largest absolute Gasteiger partial charge is 0.373 e. The molecule has 0 aliphatic heterocycles. The average Bonchev–Trinajstić information content (AvgIpc) is 2.64. The van der Waals surface area contributed by atoms with Gasteiger partial charge in [-0.1, -0.05) is 25.8 Å². The van der Waals surface area contributed by atoms with E-state index in [1.54, 1.807) is 13.1 Å². The molecule has 0 aromatic carbocycles. The number of anilines is 1. The zero-order chi connectivity index (χ0) is 13.7. The molecule has 1 aromatic heterocycles. The van der Waals surface area contributed by atoms with E-state index in [1.807, 2.05) is 12.1 Å². The third-order valence-electron chi connectivity index (χ3n) is 3.83. The summed E-state index contributed by atoms with van der Waals surface area (Å²) in [6, 6.07) is 5.76. The maximum absolute atomic E-state index is 12.2. The molecule has 2 unspecified atom stereocenters. The predicted molar refractivity (Wildman–Crippen MR) is 77.3 cm³/mol. The second-order valence-electron chi connectivity index (χ2n) is 5.44. The molecule has 1 fully saturated rings. The highest BCUT2D eigenvalue weighted by molar-refractivity contribution is 5.92. The Bertz CT molecular complexity index is 433. The van der Waals surface area contributed by atoms with E-state index in [2.05, 4.69) is 22.5 Å². The van der Waals surface area contributed by atoms with Crippen molar-refractivity contribution in [1.29, 1.82) is 0 Å². The lowest BCUT2D eigenvalue weighted by Gasteiger charge is -2.16. The van der Waals surface area contributed by atoms with Crippen LogP contribution in [-0.2, 0) is 0 Å². The van der Waals surface area contributed by atoms with Gasteiger partial charge in [0.05, 0.1) is 0 Å². The van der Waals surface area contributed by atoms with Gasteiger partial charge in [-0.05, 0) is 37.3 Å². The lowest BCUT2D eigenvalue weighted by Crippen LogP contribution is -2.35. The Morgan fingerprint density at radius 3 is 2.89 bits per heavy atom. The molecule has 1 aliphatic rings. The third-order valence-corrected chi connectivity index (χ3v) is 3.83. The average molecular weight is 261 g/mol. The Morgan fingerprint density at radius 1 is 1.26 bits per heavy atom.